The molecule has 0 saturated heterocycles. The highest BCUT2D eigenvalue weighted by Crippen LogP contribution is 2.32. The number of pyridine rings is 1. The minimum atomic E-state index is -4.96. The molecular formula is C8H6F3N3O2. The summed E-state index contributed by atoms with van der Waals surface area (Å²) < 4.78 is 39.6. The second-order valence-corrected chi connectivity index (χ2v) is 2.68. The molecule has 1 rings (SSSR count). The first-order valence-electron chi connectivity index (χ1n) is 3.93. The van der Waals surface area contributed by atoms with E-state index in [4.69, 9.17) is 16.1 Å². The zero-order valence-corrected chi connectivity index (χ0v) is 7.75. The smallest absolute Gasteiger partial charge is 0.402 e. The number of nitrogen functional groups attached to an aromatic ring is 1. The molecule has 5 nitrogen and oxygen atoms in total. The number of aliphatic hydroxyl groups is 1. The van der Waals surface area contributed by atoms with Crippen molar-refractivity contribution in [3.63, 3.8) is 0 Å². The average Bonchev–Trinajstić information content (AvgIpc) is 2.19. The highest BCUT2D eigenvalue weighted by atomic mass is 19.4. The van der Waals surface area contributed by atoms with Gasteiger partial charge in [-0.3, -0.25) is 4.98 Å². The van der Waals surface area contributed by atoms with Crippen molar-refractivity contribution in [3.8, 4) is 11.8 Å². The number of halogens is 3. The average molecular weight is 233 g/mol. The second kappa shape index (κ2) is 4.24. The van der Waals surface area contributed by atoms with E-state index in [9.17, 15) is 13.2 Å². The van der Waals surface area contributed by atoms with Crippen LogP contribution >= 0.6 is 0 Å². The van der Waals surface area contributed by atoms with Gasteiger partial charge in [-0.2, -0.15) is 5.26 Å². The zero-order chi connectivity index (χ0) is 12.3. The molecule has 1 aromatic heterocycles. The monoisotopic (exact) mass is 233 g/mol. The van der Waals surface area contributed by atoms with Crippen LogP contribution in [0.4, 0.5) is 18.9 Å². The van der Waals surface area contributed by atoms with Gasteiger partial charge in [-0.15, -0.1) is 13.2 Å². The predicted octanol–water partition coefficient (Wildman–Crippen LogP) is 0.926. The van der Waals surface area contributed by atoms with Gasteiger partial charge in [-0.1, -0.05) is 0 Å². The number of aromatic nitrogens is 1. The van der Waals surface area contributed by atoms with Crippen molar-refractivity contribution in [2.45, 2.75) is 13.0 Å². The second-order valence-electron chi connectivity index (χ2n) is 2.68. The van der Waals surface area contributed by atoms with Crippen LogP contribution in [0, 0.1) is 11.3 Å². The molecular weight excluding hydrogens is 227 g/mol. The Morgan fingerprint density at radius 2 is 2.19 bits per heavy atom. The van der Waals surface area contributed by atoms with E-state index in [1.165, 1.54) is 6.07 Å². The topological polar surface area (TPSA) is 92.2 Å². The van der Waals surface area contributed by atoms with Gasteiger partial charge in [0.15, 0.2) is 5.75 Å². The van der Waals surface area contributed by atoms with Crippen LogP contribution in [-0.2, 0) is 6.61 Å². The van der Waals surface area contributed by atoms with Crippen LogP contribution in [0.3, 0.4) is 0 Å². The lowest BCUT2D eigenvalue weighted by atomic mass is 10.2. The molecule has 0 aliphatic carbocycles. The third kappa shape index (κ3) is 2.52. The lowest BCUT2D eigenvalue weighted by Crippen LogP contribution is -2.19. The van der Waals surface area contributed by atoms with Gasteiger partial charge < -0.3 is 15.6 Å². The van der Waals surface area contributed by atoms with Crippen LogP contribution in [0.5, 0.6) is 5.75 Å². The number of hydrogen-bond donors (Lipinski definition) is 2. The van der Waals surface area contributed by atoms with Crippen LogP contribution in [-0.4, -0.2) is 16.5 Å². The van der Waals surface area contributed by atoms with Crippen molar-refractivity contribution >= 4 is 5.69 Å². The molecule has 1 aromatic rings. The van der Waals surface area contributed by atoms with Crippen LogP contribution < -0.4 is 10.5 Å². The summed E-state index contributed by atoms with van der Waals surface area (Å²) in [4.78, 5) is 3.51. The maximum Gasteiger partial charge on any atom is 0.573 e. The van der Waals surface area contributed by atoms with E-state index in [0.717, 1.165) is 6.20 Å². The van der Waals surface area contributed by atoms with Crippen molar-refractivity contribution < 1.29 is 23.0 Å². The minimum Gasteiger partial charge on any atom is -0.402 e. The highest BCUT2D eigenvalue weighted by molar-refractivity contribution is 5.62. The SMILES string of the molecule is N#Cc1cnc(CO)c(N)c1OC(F)(F)F. The molecule has 0 bridgehead atoms. The Kier molecular flexibility index (Phi) is 3.20. The number of alkyl halides is 3. The van der Waals surface area contributed by atoms with Crippen LogP contribution in [0.1, 0.15) is 11.3 Å². The summed E-state index contributed by atoms with van der Waals surface area (Å²) in [6, 6.07) is 1.46. The van der Waals surface area contributed by atoms with Gasteiger partial charge in [0, 0.05) is 6.20 Å². The quantitative estimate of drug-likeness (QED) is 0.792. The van der Waals surface area contributed by atoms with Crippen LogP contribution in [0.2, 0.25) is 0 Å². The third-order valence-electron chi connectivity index (χ3n) is 1.64. The van der Waals surface area contributed by atoms with Crippen molar-refractivity contribution in [1.82, 2.24) is 4.98 Å². The molecule has 0 atom stereocenters. The van der Waals surface area contributed by atoms with Gasteiger partial charge in [-0.25, -0.2) is 0 Å². The Labute approximate surface area is 87.9 Å². The molecule has 16 heavy (non-hydrogen) atoms. The van der Waals surface area contributed by atoms with E-state index in [0.29, 0.717) is 0 Å². The van der Waals surface area contributed by atoms with E-state index in [2.05, 4.69) is 9.72 Å². The summed E-state index contributed by atoms with van der Waals surface area (Å²) in [6.45, 7) is -0.647. The van der Waals surface area contributed by atoms with Gasteiger partial charge in [-0.05, 0) is 0 Å². The van der Waals surface area contributed by atoms with Gasteiger partial charge in [0.2, 0.25) is 0 Å². The molecule has 86 valence electrons. The number of rotatable bonds is 2. The third-order valence-corrected chi connectivity index (χ3v) is 1.64. The maximum absolute atomic E-state index is 12.0. The van der Waals surface area contributed by atoms with Gasteiger partial charge in [0.25, 0.3) is 0 Å². The van der Waals surface area contributed by atoms with Gasteiger partial charge >= 0.3 is 6.36 Å². The molecule has 0 unspecified atom stereocenters. The summed E-state index contributed by atoms with van der Waals surface area (Å²) in [5.74, 6) is -0.839. The van der Waals surface area contributed by atoms with E-state index < -0.39 is 30.0 Å². The Morgan fingerprint density at radius 1 is 1.56 bits per heavy atom. The summed E-state index contributed by atoms with van der Waals surface area (Å²) >= 11 is 0. The van der Waals surface area contributed by atoms with Crippen molar-refractivity contribution in [3.05, 3.63) is 17.5 Å². The molecule has 0 fully saturated rings. The maximum atomic E-state index is 12.0. The van der Waals surface area contributed by atoms with Crippen molar-refractivity contribution in [2.75, 3.05) is 5.73 Å². The molecule has 3 N–H and O–H groups in total. The molecule has 0 radical (unpaired) electrons. The van der Waals surface area contributed by atoms with Gasteiger partial charge in [0.05, 0.1) is 12.3 Å². The fraction of sp³-hybridized carbons (Fsp3) is 0.250. The molecule has 8 heteroatoms. The van der Waals surface area contributed by atoms with E-state index in [1.54, 1.807) is 0 Å². The Bertz CT molecular complexity index is 439. The molecule has 0 aromatic carbocycles. The molecule has 1 heterocycles. The predicted molar refractivity (Wildman–Crippen MR) is 46.0 cm³/mol. The molecule has 0 saturated carbocycles. The van der Waals surface area contributed by atoms with Crippen molar-refractivity contribution in [1.29, 1.82) is 5.26 Å². The minimum absolute atomic E-state index is 0.182. The molecule has 0 amide bonds. The highest BCUT2D eigenvalue weighted by Gasteiger charge is 2.33. The van der Waals surface area contributed by atoms with E-state index in [-0.39, 0.29) is 5.69 Å². The number of anilines is 1. The number of aliphatic hydroxyl groups excluding tert-OH is 1. The van der Waals surface area contributed by atoms with E-state index in [1.807, 2.05) is 0 Å². The largest absolute Gasteiger partial charge is 0.573 e. The van der Waals surface area contributed by atoms with E-state index >= 15 is 0 Å². The van der Waals surface area contributed by atoms with Crippen LogP contribution in [0.15, 0.2) is 6.20 Å². The number of nitrogens with two attached hydrogens (primary N) is 1. The van der Waals surface area contributed by atoms with Gasteiger partial charge in [0.1, 0.15) is 17.3 Å². The molecule has 0 aliphatic rings. The standard InChI is InChI=1S/C8H6F3N3O2/c9-8(10,11)16-7-4(1-12)2-14-5(3-15)6(7)13/h2,15H,3,13H2. The number of nitrogens with zero attached hydrogens (tertiary/aromatic N) is 2. The summed E-state index contributed by atoms with van der Waals surface area (Å²) in [6.07, 6.45) is -4.11. The fourth-order valence-electron chi connectivity index (χ4n) is 0.978. The summed E-state index contributed by atoms with van der Waals surface area (Å²) in [7, 11) is 0. The zero-order valence-electron chi connectivity index (χ0n) is 7.75. The molecule has 0 aliphatic heterocycles. The number of nitriles is 1. The first kappa shape index (κ1) is 12.1. The number of ether oxygens (including phenoxy) is 1. The number of hydrogen-bond acceptors (Lipinski definition) is 5. The Morgan fingerprint density at radius 3 is 2.62 bits per heavy atom. The fourth-order valence-corrected chi connectivity index (χ4v) is 0.978. The lowest BCUT2D eigenvalue weighted by molar-refractivity contribution is -0.274. The first-order chi connectivity index (χ1) is 7.39. The summed E-state index contributed by atoms with van der Waals surface area (Å²) in [5, 5.41) is 17.3. The summed E-state index contributed by atoms with van der Waals surface area (Å²) in [5.41, 5.74) is 4.14. The normalized spacial score (nSPS) is 10.9. The van der Waals surface area contributed by atoms with Crippen LogP contribution in [0.25, 0.3) is 0 Å². The molecule has 0 spiro atoms. The Hall–Kier alpha value is -2.01. The lowest BCUT2D eigenvalue weighted by Gasteiger charge is -2.13. The Balaban J connectivity index is 3.28. The first-order valence-corrected chi connectivity index (χ1v) is 3.93. The van der Waals surface area contributed by atoms with Crippen molar-refractivity contribution in [2.24, 2.45) is 0 Å².